The van der Waals surface area contributed by atoms with Crippen LogP contribution in [-0.4, -0.2) is 40.4 Å². The maximum atomic E-state index is 9.70. The first-order valence-electron chi connectivity index (χ1n) is 5.79. The van der Waals surface area contributed by atoms with Crippen molar-refractivity contribution in [2.24, 2.45) is 5.92 Å². The number of hydrogen-bond acceptors (Lipinski definition) is 3. The van der Waals surface area contributed by atoms with E-state index in [-0.39, 0.29) is 5.92 Å². The van der Waals surface area contributed by atoms with Gasteiger partial charge in [0.1, 0.15) is 0 Å². The summed E-state index contributed by atoms with van der Waals surface area (Å²) in [5, 5.41) is 19.4. The number of hydrogen-bond donors (Lipinski definition) is 2. The van der Waals surface area contributed by atoms with Gasteiger partial charge < -0.3 is 10.2 Å². The predicted molar refractivity (Wildman–Crippen MR) is 62.9 cm³/mol. The number of aliphatic hydroxyl groups is 2. The first-order valence-corrected chi connectivity index (χ1v) is 5.79. The highest BCUT2D eigenvalue weighted by atomic mass is 16.3. The zero-order chi connectivity index (χ0) is 11.5. The largest absolute Gasteiger partial charge is 0.390 e. The summed E-state index contributed by atoms with van der Waals surface area (Å²) < 4.78 is 0. The van der Waals surface area contributed by atoms with Gasteiger partial charge in [0.15, 0.2) is 0 Å². The van der Waals surface area contributed by atoms with Crippen LogP contribution in [-0.2, 0) is 6.54 Å². The molecule has 0 radical (unpaired) electrons. The lowest BCUT2D eigenvalue weighted by Crippen LogP contribution is -2.51. The molecule has 2 rings (SSSR count). The van der Waals surface area contributed by atoms with Crippen molar-refractivity contribution >= 4 is 0 Å². The molecule has 0 bridgehead atoms. The van der Waals surface area contributed by atoms with Crippen molar-refractivity contribution in [2.75, 3.05) is 13.1 Å². The Bertz CT molecular complexity index is 316. The van der Waals surface area contributed by atoms with Crippen LogP contribution < -0.4 is 0 Å². The molecule has 3 heteroatoms. The molecule has 0 aromatic heterocycles. The van der Waals surface area contributed by atoms with Crippen molar-refractivity contribution in [3.63, 3.8) is 0 Å². The quantitative estimate of drug-likeness (QED) is 0.778. The molecule has 0 saturated carbocycles. The number of β-amino-alcohol motifs (C(OH)–C–C–N with tert-alkyl or cyclic N) is 1. The summed E-state index contributed by atoms with van der Waals surface area (Å²) in [6.45, 7) is 4.22. The number of rotatable bonds is 2. The van der Waals surface area contributed by atoms with E-state index in [1.165, 1.54) is 5.56 Å². The summed E-state index contributed by atoms with van der Waals surface area (Å²) in [4.78, 5) is 2.19. The van der Waals surface area contributed by atoms with E-state index in [1.807, 2.05) is 25.1 Å². The molecule has 0 aliphatic carbocycles. The maximum Gasteiger partial charge on any atom is 0.0928 e. The van der Waals surface area contributed by atoms with Gasteiger partial charge in [-0.1, -0.05) is 37.3 Å². The van der Waals surface area contributed by atoms with Crippen molar-refractivity contribution in [3.05, 3.63) is 35.9 Å². The number of nitrogens with zero attached hydrogens (tertiary/aromatic N) is 1. The summed E-state index contributed by atoms with van der Waals surface area (Å²) >= 11 is 0. The van der Waals surface area contributed by atoms with Crippen LogP contribution in [0.3, 0.4) is 0 Å². The van der Waals surface area contributed by atoms with Gasteiger partial charge in [-0.15, -0.1) is 0 Å². The molecule has 0 amide bonds. The highest BCUT2D eigenvalue weighted by molar-refractivity contribution is 5.14. The van der Waals surface area contributed by atoms with E-state index in [1.54, 1.807) is 0 Å². The van der Waals surface area contributed by atoms with Crippen molar-refractivity contribution in [1.29, 1.82) is 0 Å². The van der Waals surface area contributed by atoms with Crippen LogP contribution in [0.5, 0.6) is 0 Å². The minimum atomic E-state index is -0.618. The van der Waals surface area contributed by atoms with Gasteiger partial charge in [-0.3, -0.25) is 4.90 Å². The summed E-state index contributed by atoms with van der Waals surface area (Å²) in [5.41, 5.74) is 1.25. The number of likely N-dealkylation sites (tertiary alicyclic amines) is 1. The van der Waals surface area contributed by atoms with Crippen LogP contribution in [0.25, 0.3) is 0 Å². The fraction of sp³-hybridized carbons (Fsp3) is 0.538. The van der Waals surface area contributed by atoms with E-state index in [4.69, 9.17) is 0 Å². The summed E-state index contributed by atoms with van der Waals surface area (Å²) in [6.07, 6.45) is -1.19. The Labute approximate surface area is 96.3 Å². The van der Waals surface area contributed by atoms with Crippen LogP contribution in [0, 0.1) is 5.92 Å². The minimum Gasteiger partial charge on any atom is -0.390 e. The Kier molecular flexibility index (Phi) is 3.59. The average molecular weight is 221 g/mol. The number of piperidine rings is 1. The topological polar surface area (TPSA) is 43.7 Å². The van der Waals surface area contributed by atoms with Crippen LogP contribution >= 0.6 is 0 Å². The Morgan fingerprint density at radius 3 is 2.50 bits per heavy atom. The van der Waals surface area contributed by atoms with Crippen LogP contribution in [0.2, 0.25) is 0 Å². The van der Waals surface area contributed by atoms with Crippen molar-refractivity contribution in [1.82, 2.24) is 4.90 Å². The van der Waals surface area contributed by atoms with Crippen LogP contribution in [0.4, 0.5) is 0 Å². The third-order valence-electron chi connectivity index (χ3n) is 3.22. The smallest absolute Gasteiger partial charge is 0.0928 e. The number of benzene rings is 1. The Balaban J connectivity index is 1.97. The lowest BCUT2D eigenvalue weighted by molar-refractivity contribution is -0.0708. The zero-order valence-corrected chi connectivity index (χ0v) is 9.58. The molecule has 1 fully saturated rings. The minimum absolute atomic E-state index is 0.132. The third kappa shape index (κ3) is 2.61. The van der Waals surface area contributed by atoms with Gasteiger partial charge in [0.25, 0.3) is 0 Å². The van der Waals surface area contributed by atoms with E-state index in [0.717, 1.165) is 13.1 Å². The summed E-state index contributed by atoms with van der Waals surface area (Å²) in [7, 11) is 0. The molecule has 1 aromatic carbocycles. The van der Waals surface area contributed by atoms with E-state index in [0.29, 0.717) is 6.54 Å². The van der Waals surface area contributed by atoms with E-state index >= 15 is 0 Å². The van der Waals surface area contributed by atoms with E-state index in [9.17, 15) is 10.2 Å². The fourth-order valence-electron chi connectivity index (χ4n) is 2.31. The second-order valence-electron chi connectivity index (χ2n) is 4.71. The van der Waals surface area contributed by atoms with Gasteiger partial charge >= 0.3 is 0 Å². The van der Waals surface area contributed by atoms with E-state index in [2.05, 4.69) is 17.0 Å². The molecule has 3 nitrogen and oxygen atoms in total. The molecule has 1 saturated heterocycles. The maximum absolute atomic E-state index is 9.70. The monoisotopic (exact) mass is 221 g/mol. The first-order chi connectivity index (χ1) is 7.66. The highest BCUT2D eigenvalue weighted by Crippen LogP contribution is 2.19. The SMILES string of the molecule is CC1CN(Cc2ccccc2)CC(O)C1O. The molecule has 2 N–H and O–H groups in total. The molecule has 1 aliphatic heterocycles. The molecule has 88 valence electrons. The Hall–Kier alpha value is -0.900. The van der Waals surface area contributed by atoms with Crippen molar-refractivity contribution < 1.29 is 10.2 Å². The molecule has 3 atom stereocenters. The third-order valence-corrected chi connectivity index (χ3v) is 3.22. The van der Waals surface area contributed by atoms with Crippen molar-refractivity contribution in [3.8, 4) is 0 Å². The van der Waals surface area contributed by atoms with Gasteiger partial charge in [0, 0.05) is 19.6 Å². The second-order valence-corrected chi connectivity index (χ2v) is 4.71. The standard InChI is InChI=1S/C13H19NO2/c1-10-7-14(9-12(15)13(10)16)8-11-5-3-2-4-6-11/h2-6,10,12-13,15-16H,7-9H2,1H3. The fourth-order valence-corrected chi connectivity index (χ4v) is 2.31. The Morgan fingerprint density at radius 2 is 1.88 bits per heavy atom. The van der Waals surface area contributed by atoms with Gasteiger partial charge in [0.05, 0.1) is 12.2 Å². The van der Waals surface area contributed by atoms with Crippen LogP contribution in [0.1, 0.15) is 12.5 Å². The molecule has 16 heavy (non-hydrogen) atoms. The second kappa shape index (κ2) is 4.95. The van der Waals surface area contributed by atoms with Gasteiger partial charge in [0.2, 0.25) is 0 Å². The van der Waals surface area contributed by atoms with Gasteiger partial charge in [-0.05, 0) is 11.5 Å². The van der Waals surface area contributed by atoms with E-state index < -0.39 is 12.2 Å². The summed E-state index contributed by atoms with van der Waals surface area (Å²) in [6, 6.07) is 10.2. The lowest BCUT2D eigenvalue weighted by Gasteiger charge is -2.37. The molecule has 1 aromatic rings. The molecule has 1 heterocycles. The first kappa shape index (κ1) is 11.6. The molecule has 3 unspecified atom stereocenters. The van der Waals surface area contributed by atoms with Crippen LogP contribution in [0.15, 0.2) is 30.3 Å². The lowest BCUT2D eigenvalue weighted by atomic mass is 9.94. The average Bonchev–Trinajstić information content (AvgIpc) is 2.27. The Morgan fingerprint density at radius 1 is 1.19 bits per heavy atom. The normalized spacial score (nSPS) is 31.6. The van der Waals surface area contributed by atoms with Crippen molar-refractivity contribution in [2.45, 2.75) is 25.7 Å². The molecular formula is C13H19NO2. The van der Waals surface area contributed by atoms with Gasteiger partial charge in [-0.2, -0.15) is 0 Å². The van der Waals surface area contributed by atoms with Gasteiger partial charge in [-0.25, -0.2) is 0 Å². The summed E-state index contributed by atoms with van der Waals surface area (Å²) in [5.74, 6) is 0.132. The highest BCUT2D eigenvalue weighted by Gasteiger charge is 2.31. The predicted octanol–water partition coefficient (Wildman–Crippen LogP) is 0.860. The molecule has 0 spiro atoms. The number of aliphatic hydroxyl groups excluding tert-OH is 2. The zero-order valence-electron chi connectivity index (χ0n) is 9.58. The molecule has 1 aliphatic rings. The molecular weight excluding hydrogens is 202 g/mol.